The number of carbonyl (C=O) groups excluding carboxylic acids is 1. The summed E-state index contributed by atoms with van der Waals surface area (Å²) in [6.45, 7) is 2.19. The Labute approximate surface area is 159 Å². The standard InChI is InChI=1S/C19H23N3O3.ClH/c1-24-16-5-6-18(25-2)15(10-16)11-19(23)22-9-8-21-13-17(22)14-4-3-7-20-12-14;/h3-7,10,12,17,21H,8-9,11,13H2,1-2H3;1H. The quantitative estimate of drug-likeness (QED) is 0.865. The summed E-state index contributed by atoms with van der Waals surface area (Å²) in [7, 11) is 3.22. The largest absolute Gasteiger partial charge is 0.497 e. The number of piperazine rings is 1. The van der Waals surface area contributed by atoms with Crippen molar-refractivity contribution in [1.82, 2.24) is 15.2 Å². The van der Waals surface area contributed by atoms with Gasteiger partial charge in [-0.3, -0.25) is 9.78 Å². The lowest BCUT2D eigenvalue weighted by atomic mass is 10.0. The van der Waals surface area contributed by atoms with Gasteiger partial charge in [-0.1, -0.05) is 6.07 Å². The molecule has 0 saturated carbocycles. The second-order valence-corrected chi connectivity index (χ2v) is 5.95. The lowest BCUT2D eigenvalue weighted by Gasteiger charge is -2.36. The zero-order valence-electron chi connectivity index (χ0n) is 15.0. The van der Waals surface area contributed by atoms with Gasteiger partial charge in [0.1, 0.15) is 11.5 Å². The minimum atomic E-state index is -0.00782. The summed E-state index contributed by atoms with van der Waals surface area (Å²) in [6.07, 6.45) is 3.84. The highest BCUT2D eigenvalue weighted by Crippen LogP contribution is 2.27. The van der Waals surface area contributed by atoms with Crippen LogP contribution in [0.25, 0.3) is 0 Å². The molecule has 0 bridgehead atoms. The summed E-state index contributed by atoms with van der Waals surface area (Å²) in [6, 6.07) is 9.42. The van der Waals surface area contributed by atoms with E-state index < -0.39 is 0 Å². The van der Waals surface area contributed by atoms with E-state index in [0.717, 1.165) is 24.2 Å². The highest BCUT2D eigenvalue weighted by molar-refractivity contribution is 5.85. The number of benzene rings is 1. The van der Waals surface area contributed by atoms with Crippen molar-refractivity contribution in [3.05, 3.63) is 53.9 Å². The monoisotopic (exact) mass is 377 g/mol. The average Bonchev–Trinajstić information content (AvgIpc) is 2.68. The van der Waals surface area contributed by atoms with Crippen molar-refractivity contribution in [3.63, 3.8) is 0 Å². The second-order valence-electron chi connectivity index (χ2n) is 5.95. The Balaban J connectivity index is 0.00000243. The van der Waals surface area contributed by atoms with Gasteiger partial charge in [0.05, 0.1) is 26.7 Å². The molecule has 1 amide bonds. The number of carbonyl (C=O) groups is 1. The highest BCUT2D eigenvalue weighted by Gasteiger charge is 2.28. The van der Waals surface area contributed by atoms with E-state index in [-0.39, 0.29) is 30.8 Å². The van der Waals surface area contributed by atoms with Gasteiger partial charge >= 0.3 is 0 Å². The van der Waals surface area contributed by atoms with Crippen LogP contribution in [0.2, 0.25) is 0 Å². The van der Waals surface area contributed by atoms with E-state index in [4.69, 9.17) is 9.47 Å². The van der Waals surface area contributed by atoms with Crippen molar-refractivity contribution in [2.75, 3.05) is 33.9 Å². The maximum Gasteiger partial charge on any atom is 0.227 e. The van der Waals surface area contributed by atoms with E-state index in [9.17, 15) is 4.79 Å². The molecule has 6 nitrogen and oxygen atoms in total. The number of rotatable bonds is 5. The van der Waals surface area contributed by atoms with Gasteiger partial charge in [-0.2, -0.15) is 0 Å². The molecule has 1 aliphatic heterocycles. The number of halogens is 1. The topological polar surface area (TPSA) is 63.7 Å². The van der Waals surface area contributed by atoms with Crippen molar-refractivity contribution in [1.29, 1.82) is 0 Å². The minimum absolute atomic E-state index is 0. The molecule has 2 aromatic rings. The number of hydrogen-bond donors (Lipinski definition) is 1. The van der Waals surface area contributed by atoms with Crippen LogP contribution in [-0.4, -0.2) is 49.6 Å². The molecule has 1 unspecified atom stereocenters. The van der Waals surface area contributed by atoms with Gasteiger partial charge in [0.15, 0.2) is 0 Å². The third-order valence-corrected chi connectivity index (χ3v) is 4.46. The lowest BCUT2D eigenvalue weighted by Crippen LogP contribution is -2.49. The third kappa shape index (κ3) is 4.45. The van der Waals surface area contributed by atoms with Crippen LogP contribution < -0.4 is 14.8 Å². The van der Waals surface area contributed by atoms with Gasteiger partial charge in [0.2, 0.25) is 5.91 Å². The fraction of sp³-hybridized carbons (Fsp3) is 0.368. The van der Waals surface area contributed by atoms with E-state index in [0.29, 0.717) is 18.0 Å². The summed E-state index contributed by atoms with van der Waals surface area (Å²) in [4.78, 5) is 19.1. The van der Waals surface area contributed by atoms with Crippen molar-refractivity contribution < 1.29 is 14.3 Å². The number of methoxy groups -OCH3 is 2. The summed E-state index contributed by atoms with van der Waals surface area (Å²) in [5.41, 5.74) is 1.87. The second kappa shape index (κ2) is 9.40. The van der Waals surface area contributed by atoms with Crippen LogP contribution in [0, 0.1) is 0 Å². The lowest BCUT2D eigenvalue weighted by molar-refractivity contribution is -0.133. The molecule has 3 rings (SSSR count). The number of ether oxygens (including phenoxy) is 2. The molecule has 2 heterocycles. The molecular formula is C19H24ClN3O3. The fourth-order valence-corrected chi connectivity index (χ4v) is 3.16. The van der Waals surface area contributed by atoms with Crippen LogP contribution in [0.1, 0.15) is 17.2 Å². The maximum atomic E-state index is 13.0. The van der Waals surface area contributed by atoms with Gasteiger partial charge in [-0.05, 0) is 29.8 Å². The van der Waals surface area contributed by atoms with Crippen molar-refractivity contribution in [3.8, 4) is 11.5 Å². The zero-order valence-corrected chi connectivity index (χ0v) is 15.8. The summed E-state index contributed by atoms with van der Waals surface area (Å²) < 4.78 is 10.7. The number of nitrogens with one attached hydrogen (secondary N) is 1. The van der Waals surface area contributed by atoms with Gasteiger partial charge in [-0.25, -0.2) is 0 Å². The Morgan fingerprint density at radius 1 is 1.31 bits per heavy atom. The van der Waals surface area contributed by atoms with Gasteiger partial charge in [0, 0.05) is 37.6 Å². The van der Waals surface area contributed by atoms with E-state index in [1.165, 1.54) is 0 Å². The first-order chi connectivity index (χ1) is 12.2. The number of amides is 1. The van der Waals surface area contributed by atoms with Gasteiger partial charge in [-0.15, -0.1) is 12.4 Å². The molecule has 1 atom stereocenters. The number of nitrogens with zero attached hydrogens (tertiary/aromatic N) is 2. The van der Waals surface area contributed by atoms with E-state index in [2.05, 4.69) is 10.3 Å². The molecule has 1 aromatic heterocycles. The van der Waals surface area contributed by atoms with Gasteiger partial charge in [0.25, 0.3) is 0 Å². The molecule has 1 N–H and O–H groups in total. The fourth-order valence-electron chi connectivity index (χ4n) is 3.16. The molecule has 1 saturated heterocycles. The minimum Gasteiger partial charge on any atom is -0.497 e. The zero-order chi connectivity index (χ0) is 17.6. The highest BCUT2D eigenvalue weighted by atomic mass is 35.5. The van der Waals surface area contributed by atoms with Crippen LogP contribution in [0.3, 0.4) is 0 Å². The van der Waals surface area contributed by atoms with Crippen LogP contribution in [0.4, 0.5) is 0 Å². The Morgan fingerprint density at radius 3 is 2.85 bits per heavy atom. The molecule has 0 radical (unpaired) electrons. The normalized spacial score (nSPS) is 16.5. The van der Waals surface area contributed by atoms with Crippen molar-refractivity contribution in [2.45, 2.75) is 12.5 Å². The summed E-state index contributed by atoms with van der Waals surface area (Å²) >= 11 is 0. The molecule has 26 heavy (non-hydrogen) atoms. The Hall–Kier alpha value is -2.31. The first kappa shape index (κ1) is 20.0. The first-order valence-corrected chi connectivity index (χ1v) is 8.34. The predicted molar refractivity (Wildman–Crippen MR) is 102 cm³/mol. The predicted octanol–water partition coefficient (Wildman–Crippen LogP) is 2.24. The molecule has 1 aromatic carbocycles. The summed E-state index contributed by atoms with van der Waals surface area (Å²) in [5.74, 6) is 1.48. The van der Waals surface area contributed by atoms with Crippen LogP contribution in [0.5, 0.6) is 11.5 Å². The molecule has 1 aliphatic rings. The van der Waals surface area contributed by atoms with E-state index in [1.54, 1.807) is 20.4 Å². The third-order valence-electron chi connectivity index (χ3n) is 4.46. The molecular weight excluding hydrogens is 354 g/mol. The average molecular weight is 378 g/mol. The molecule has 140 valence electrons. The van der Waals surface area contributed by atoms with Crippen LogP contribution in [0.15, 0.2) is 42.7 Å². The summed E-state index contributed by atoms with van der Waals surface area (Å²) in [5, 5.41) is 3.36. The Kier molecular flexibility index (Phi) is 7.24. The smallest absolute Gasteiger partial charge is 0.227 e. The Morgan fingerprint density at radius 2 is 2.15 bits per heavy atom. The number of aromatic nitrogens is 1. The van der Waals surface area contributed by atoms with Crippen molar-refractivity contribution in [2.24, 2.45) is 0 Å². The SMILES string of the molecule is COc1ccc(OC)c(CC(=O)N2CCNCC2c2cccnc2)c1.Cl. The van der Waals surface area contributed by atoms with E-state index in [1.807, 2.05) is 41.4 Å². The number of pyridine rings is 1. The molecule has 1 fully saturated rings. The van der Waals surface area contributed by atoms with E-state index >= 15 is 0 Å². The maximum absolute atomic E-state index is 13.0. The van der Waals surface area contributed by atoms with Crippen molar-refractivity contribution >= 4 is 18.3 Å². The molecule has 0 aliphatic carbocycles. The first-order valence-electron chi connectivity index (χ1n) is 8.34. The van der Waals surface area contributed by atoms with Crippen LogP contribution in [-0.2, 0) is 11.2 Å². The molecule has 0 spiro atoms. The number of hydrogen-bond acceptors (Lipinski definition) is 5. The van der Waals surface area contributed by atoms with Gasteiger partial charge < -0.3 is 19.7 Å². The molecule has 7 heteroatoms. The van der Waals surface area contributed by atoms with Crippen LogP contribution >= 0.6 is 12.4 Å². The Bertz CT molecular complexity index is 727.